The van der Waals surface area contributed by atoms with Gasteiger partial charge in [-0.15, -0.1) is 0 Å². The second-order valence-electron chi connectivity index (χ2n) is 3.95. The summed E-state index contributed by atoms with van der Waals surface area (Å²) in [5, 5.41) is 0. The molecule has 0 unspecified atom stereocenters. The molecular formula is C14H13BrN2O2. The Morgan fingerprint density at radius 1 is 1.26 bits per heavy atom. The van der Waals surface area contributed by atoms with Crippen LogP contribution in [0.1, 0.15) is 23.0 Å². The third-order valence-electron chi connectivity index (χ3n) is 2.46. The van der Waals surface area contributed by atoms with Crippen molar-refractivity contribution in [2.24, 2.45) is 0 Å². The molecule has 0 amide bonds. The molecule has 2 heterocycles. The number of aryl methyl sites for hydroxylation is 1. The molecule has 0 spiro atoms. The fourth-order valence-electron chi connectivity index (χ4n) is 1.65. The van der Waals surface area contributed by atoms with Gasteiger partial charge in [-0.2, -0.15) is 0 Å². The lowest BCUT2D eigenvalue weighted by Crippen LogP contribution is -2.05. The standard InChI is InChI=1S/C14H13BrN2O2/c1-3-19-14(18)10-7-12(17-13(15)8-10)11-6-4-5-9(2)16-11/h4-8H,3H2,1-2H3. The van der Waals surface area contributed by atoms with Crippen molar-refractivity contribution < 1.29 is 9.53 Å². The Morgan fingerprint density at radius 3 is 2.74 bits per heavy atom. The average molecular weight is 321 g/mol. The predicted molar refractivity (Wildman–Crippen MR) is 75.9 cm³/mol. The van der Waals surface area contributed by atoms with E-state index >= 15 is 0 Å². The number of pyridine rings is 2. The highest BCUT2D eigenvalue weighted by molar-refractivity contribution is 9.10. The first kappa shape index (κ1) is 13.7. The maximum absolute atomic E-state index is 11.8. The van der Waals surface area contributed by atoms with Gasteiger partial charge < -0.3 is 4.74 Å². The lowest BCUT2D eigenvalue weighted by molar-refractivity contribution is 0.0526. The first-order chi connectivity index (χ1) is 9.10. The zero-order valence-electron chi connectivity index (χ0n) is 10.7. The summed E-state index contributed by atoms with van der Waals surface area (Å²) in [6.07, 6.45) is 0. The van der Waals surface area contributed by atoms with Crippen LogP contribution < -0.4 is 0 Å². The number of nitrogens with zero attached hydrogens (tertiary/aromatic N) is 2. The van der Waals surface area contributed by atoms with E-state index in [1.807, 2.05) is 25.1 Å². The Hall–Kier alpha value is -1.75. The van der Waals surface area contributed by atoms with Gasteiger partial charge in [-0.1, -0.05) is 6.07 Å². The molecule has 0 atom stereocenters. The third kappa shape index (κ3) is 3.38. The molecule has 0 aromatic carbocycles. The molecule has 2 rings (SSSR count). The Morgan fingerprint density at radius 2 is 2.05 bits per heavy atom. The van der Waals surface area contributed by atoms with Crippen LogP contribution in [0.15, 0.2) is 34.9 Å². The number of carbonyl (C=O) groups excluding carboxylic acids is 1. The molecule has 0 fully saturated rings. The van der Waals surface area contributed by atoms with E-state index in [1.54, 1.807) is 19.1 Å². The molecule has 19 heavy (non-hydrogen) atoms. The van der Waals surface area contributed by atoms with Crippen molar-refractivity contribution in [1.29, 1.82) is 0 Å². The predicted octanol–water partition coefficient (Wildman–Crippen LogP) is 3.39. The van der Waals surface area contributed by atoms with E-state index in [0.717, 1.165) is 11.4 Å². The first-order valence-corrected chi connectivity index (χ1v) is 6.68. The molecule has 98 valence electrons. The normalized spacial score (nSPS) is 10.3. The summed E-state index contributed by atoms with van der Waals surface area (Å²) < 4.78 is 5.57. The van der Waals surface area contributed by atoms with Gasteiger partial charge in [-0.05, 0) is 54.0 Å². The molecule has 0 bridgehead atoms. The number of ether oxygens (including phenoxy) is 1. The van der Waals surface area contributed by atoms with Crippen LogP contribution in [-0.4, -0.2) is 22.5 Å². The van der Waals surface area contributed by atoms with Crippen LogP contribution in [0.3, 0.4) is 0 Å². The smallest absolute Gasteiger partial charge is 0.338 e. The van der Waals surface area contributed by atoms with Crippen LogP contribution in [-0.2, 0) is 4.74 Å². The average Bonchev–Trinajstić information content (AvgIpc) is 2.38. The monoisotopic (exact) mass is 320 g/mol. The second-order valence-corrected chi connectivity index (χ2v) is 4.76. The molecule has 2 aromatic rings. The molecular weight excluding hydrogens is 308 g/mol. The summed E-state index contributed by atoms with van der Waals surface area (Å²) in [4.78, 5) is 20.5. The van der Waals surface area contributed by atoms with Crippen molar-refractivity contribution in [2.75, 3.05) is 6.61 Å². The van der Waals surface area contributed by atoms with Crippen molar-refractivity contribution in [3.63, 3.8) is 0 Å². The van der Waals surface area contributed by atoms with Crippen LogP contribution in [0.25, 0.3) is 11.4 Å². The van der Waals surface area contributed by atoms with Crippen LogP contribution in [0.5, 0.6) is 0 Å². The van der Waals surface area contributed by atoms with Crippen molar-refractivity contribution in [3.05, 3.63) is 46.2 Å². The largest absolute Gasteiger partial charge is 0.462 e. The maximum atomic E-state index is 11.8. The highest BCUT2D eigenvalue weighted by atomic mass is 79.9. The SMILES string of the molecule is CCOC(=O)c1cc(Br)nc(-c2cccc(C)n2)c1. The Balaban J connectivity index is 2.44. The van der Waals surface area contributed by atoms with E-state index in [-0.39, 0.29) is 5.97 Å². The molecule has 0 aliphatic rings. The van der Waals surface area contributed by atoms with Gasteiger partial charge >= 0.3 is 5.97 Å². The molecule has 0 aliphatic heterocycles. The number of halogens is 1. The minimum atomic E-state index is -0.362. The summed E-state index contributed by atoms with van der Waals surface area (Å²) >= 11 is 3.30. The Bertz CT molecular complexity index is 614. The quantitative estimate of drug-likeness (QED) is 0.642. The zero-order valence-corrected chi connectivity index (χ0v) is 12.3. The van der Waals surface area contributed by atoms with Gasteiger partial charge in [-0.3, -0.25) is 4.98 Å². The van der Waals surface area contributed by atoms with Crippen LogP contribution in [0, 0.1) is 6.92 Å². The molecule has 0 saturated heterocycles. The van der Waals surface area contributed by atoms with Crippen LogP contribution >= 0.6 is 15.9 Å². The van der Waals surface area contributed by atoms with Crippen molar-refractivity contribution in [3.8, 4) is 11.4 Å². The number of hydrogen-bond acceptors (Lipinski definition) is 4. The van der Waals surface area contributed by atoms with E-state index in [4.69, 9.17) is 4.74 Å². The molecule has 0 saturated carbocycles. The minimum Gasteiger partial charge on any atom is -0.462 e. The minimum absolute atomic E-state index is 0.344. The Kier molecular flexibility index (Phi) is 4.27. The van der Waals surface area contributed by atoms with E-state index in [2.05, 4.69) is 25.9 Å². The molecule has 2 aromatic heterocycles. The lowest BCUT2D eigenvalue weighted by Gasteiger charge is -2.06. The van der Waals surface area contributed by atoms with E-state index < -0.39 is 0 Å². The van der Waals surface area contributed by atoms with Crippen molar-refractivity contribution in [1.82, 2.24) is 9.97 Å². The van der Waals surface area contributed by atoms with Gasteiger partial charge in [0.1, 0.15) is 4.60 Å². The first-order valence-electron chi connectivity index (χ1n) is 5.89. The molecule has 5 heteroatoms. The fourth-order valence-corrected chi connectivity index (χ4v) is 2.08. The molecule has 0 radical (unpaired) electrons. The zero-order chi connectivity index (χ0) is 13.8. The highest BCUT2D eigenvalue weighted by Gasteiger charge is 2.11. The summed E-state index contributed by atoms with van der Waals surface area (Å²) in [6, 6.07) is 9.00. The summed E-state index contributed by atoms with van der Waals surface area (Å²) in [5.41, 5.74) is 2.73. The number of rotatable bonds is 3. The third-order valence-corrected chi connectivity index (χ3v) is 2.86. The summed E-state index contributed by atoms with van der Waals surface area (Å²) in [6.45, 7) is 4.03. The maximum Gasteiger partial charge on any atom is 0.338 e. The highest BCUT2D eigenvalue weighted by Crippen LogP contribution is 2.20. The van der Waals surface area contributed by atoms with Crippen molar-refractivity contribution >= 4 is 21.9 Å². The fraction of sp³-hybridized carbons (Fsp3) is 0.214. The van der Waals surface area contributed by atoms with Gasteiger partial charge in [0.05, 0.1) is 23.6 Å². The number of aromatic nitrogens is 2. The van der Waals surface area contributed by atoms with Gasteiger partial charge in [-0.25, -0.2) is 9.78 Å². The molecule has 0 N–H and O–H groups in total. The lowest BCUT2D eigenvalue weighted by atomic mass is 10.2. The van der Waals surface area contributed by atoms with Gasteiger partial charge in [0.2, 0.25) is 0 Å². The van der Waals surface area contributed by atoms with Gasteiger partial charge in [0, 0.05) is 5.69 Å². The van der Waals surface area contributed by atoms with E-state index in [1.165, 1.54) is 0 Å². The number of carbonyl (C=O) groups is 1. The van der Waals surface area contributed by atoms with Crippen molar-refractivity contribution in [2.45, 2.75) is 13.8 Å². The van der Waals surface area contributed by atoms with Crippen LogP contribution in [0.4, 0.5) is 0 Å². The van der Waals surface area contributed by atoms with Gasteiger partial charge in [0.15, 0.2) is 0 Å². The number of esters is 1. The van der Waals surface area contributed by atoms with Gasteiger partial charge in [0.25, 0.3) is 0 Å². The molecule has 4 nitrogen and oxygen atoms in total. The van der Waals surface area contributed by atoms with E-state index in [0.29, 0.717) is 22.5 Å². The van der Waals surface area contributed by atoms with Crippen LogP contribution in [0.2, 0.25) is 0 Å². The second kappa shape index (κ2) is 5.93. The summed E-state index contributed by atoms with van der Waals surface area (Å²) in [5.74, 6) is -0.362. The number of hydrogen-bond donors (Lipinski definition) is 0. The topological polar surface area (TPSA) is 52.1 Å². The van der Waals surface area contributed by atoms with E-state index in [9.17, 15) is 4.79 Å². The summed E-state index contributed by atoms with van der Waals surface area (Å²) in [7, 11) is 0. The molecule has 0 aliphatic carbocycles. The Labute approximate surface area is 120 Å².